The van der Waals surface area contributed by atoms with E-state index >= 15 is 0 Å². The molecule has 1 N–H and O–H groups in total. The average Bonchev–Trinajstić information content (AvgIpc) is 2.30. The summed E-state index contributed by atoms with van der Waals surface area (Å²) in [6, 6.07) is 8.26. The summed E-state index contributed by atoms with van der Waals surface area (Å²) in [6.07, 6.45) is 0.295. The van der Waals surface area contributed by atoms with E-state index in [1.807, 2.05) is 34.7 Å². The topological polar surface area (TPSA) is 21.3 Å². The first-order chi connectivity index (χ1) is 7.22. The van der Waals surface area contributed by atoms with Crippen LogP contribution in [-0.4, -0.2) is 13.2 Å². The number of nitrogens with one attached hydrogen (secondary N) is 1. The van der Waals surface area contributed by atoms with E-state index in [0.717, 1.165) is 5.69 Å². The van der Waals surface area contributed by atoms with Gasteiger partial charge in [0.15, 0.2) is 0 Å². The van der Waals surface area contributed by atoms with Crippen LogP contribution in [0.15, 0.2) is 24.3 Å². The maximum absolute atomic E-state index is 5.48. The molecule has 2 nitrogen and oxygen atoms in total. The lowest BCUT2D eigenvalue weighted by atomic mass is 10.2. The van der Waals surface area contributed by atoms with Crippen LogP contribution in [0.3, 0.4) is 0 Å². The summed E-state index contributed by atoms with van der Waals surface area (Å²) >= 11 is 0. The van der Waals surface area contributed by atoms with E-state index < -0.39 is 0 Å². The molecule has 2 heteroatoms. The minimum atomic E-state index is 0.295. The molecule has 0 aliphatic heterocycles. The Morgan fingerprint density at radius 3 is 2.07 bits per heavy atom. The van der Waals surface area contributed by atoms with Gasteiger partial charge in [-0.3, -0.25) is 0 Å². The van der Waals surface area contributed by atoms with Crippen molar-refractivity contribution in [2.24, 2.45) is 0 Å². The zero-order chi connectivity index (χ0) is 11.7. The van der Waals surface area contributed by atoms with Crippen molar-refractivity contribution in [3.05, 3.63) is 29.8 Å². The minimum absolute atomic E-state index is 0.295. The van der Waals surface area contributed by atoms with Crippen LogP contribution in [0.4, 0.5) is 5.69 Å². The minimum Gasteiger partial charge on any atom is -0.388 e. The normalized spacial score (nSPS) is 9.47. The molecule has 0 saturated carbocycles. The molecule has 0 unspecified atom stereocenters. The van der Waals surface area contributed by atoms with Gasteiger partial charge in [-0.2, -0.15) is 0 Å². The second-order valence-electron chi connectivity index (χ2n) is 3.31. The Bertz CT molecular complexity index is 241. The molecule has 0 heterocycles. The molecule has 86 valence electrons. The molecule has 0 fully saturated rings. The third kappa shape index (κ3) is 6.13. The molecule has 0 bridgehead atoms. The maximum Gasteiger partial charge on any atom is 0.0720 e. The summed E-state index contributed by atoms with van der Waals surface area (Å²) in [6.45, 7) is 8.78. The van der Waals surface area contributed by atoms with Crippen molar-refractivity contribution in [2.45, 2.75) is 40.4 Å². The molecule has 0 aliphatic carbocycles. The van der Waals surface area contributed by atoms with Crippen LogP contribution >= 0.6 is 0 Å². The molecule has 0 radical (unpaired) electrons. The van der Waals surface area contributed by atoms with E-state index in [2.05, 4.69) is 29.6 Å². The standard InChI is InChI=1S/C11H17NO.C2H6/c1-9(2)13-8-10-4-6-11(12-3)7-5-10;1-2/h4-7,9,12H,8H2,1-3H3;1-2H3. The monoisotopic (exact) mass is 209 g/mol. The molecule has 1 aromatic carbocycles. The van der Waals surface area contributed by atoms with Crippen molar-refractivity contribution in [3.8, 4) is 0 Å². The Morgan fingerprint density at radius 2 is 1.67 bits per heavy atom. The highest BCUT2D eigenvalue weighted by Crippen LogP contribution is 2.09. The van der Waals surface area contributed by atoms with Gasteiger partial charge in [0.1, 0.15) is 0 Å². The molecule has 1 aromatic rings. The Labute approximate surface area is 93.7 Å². The SMILES string of the molecule is CC.CNc1ccc(COC(C)C)cc1. The molecule has 1 rings (SSSR count). The van der Waals surface area contributed by atoms with E-state index in [1.165, 1.54) is 5.56 Å². The van der Waals surface area contributed by atoms with Gasteiger partial charge in [0.25, 0.3) is 0 Å². The molecular formula is C13H23NO. The average molecular weight is 209 g/mol. The highest BCUT2D eigenvalue weighted by Gasteiger charge is 1.95. The van der Waals surface area contributed by atoms with Gasteiger partial charge in [-0.1, -0.05) is 26.0 Å². The number of ether oxygens (including phenoxy) is 1. The summed E-state index contributed by atoms with van der Waals surface area (Å²) < 4.78 is 5.48. The fraction of sp³-hybridized carbons (Fsp3) is 0.538. The van der Waals surface area contributed by atoms with Crippen molar-refractivity contribution >= 4 is 5.69 Å². The van der Waals surface area contributed by atoms with Gasteiger partial charge in [-0.15, -0.1) is 0 Å². The summed E-state index contributed by atoms with van der Waals surface area (Å²) in [7, 11) is 1.92. The Balaban J connectivity index is 0.000000921. The van der Waals surface area contributed by atoms with E-state index in [0.29, 0.717) is 12.7 Å². The van der Waals surface area contributed by atoms with Gasteiger partial charge in [0.2, 0.25) is 0 Å². The Hall–Kier alpha value is -1.02. The molecular weight excluding hydrogens is 186 g/mol. The fourth-order valence-electron chi connectivity index (χ4n) is 1.03. The van der Waals surface area contributed by atoms with Crippen molar-refractivity contribution in [1.82, 2.24) is 0 Å². The van der Waals surface area contributed by atoms with Crippen LogP contribution in [0.25, 0.3) is 0 Å². The third-order valence-corrected chi connectivity index (χ3v) is 1.83. The van der Waals surface area contributed by atoms with Gasteiger partial charge < -0.3 is 10.1 Å². The molecule has 0 spiro atoms. The number of benzene rings is 1. The summed E-state index contributed by atoms with van der Waals surface area (Å²) in [4.78, 5) is 0. The lowest BCUT2D eigenvalue weighted by molar-refractivity contribution is 0.0657. The summed E-state index contributed by atoms with van der Waals surface area (Å²) in [5.41, 5.74) is 2.35. The van der Waals surface area contributed by atoms with Gasteiger partial charge in [0.05, 0.1) is 12.7 Å². The lowest BCUT2D eigenvalue weighted by Gasteiger charge is -2.07. The first-order valence-corrected chi connectivity index (χ1v) is 5.60. The maximum atomic E-state index is 5.48. The van der Waals surface area contributed by atoms with E-state index in [1.54, 1.807) is 0 Å². The predicted octanol–water partition coefficient (Wildman–Crippen LogP) is 3.68. The number of hydrogen-bond acceptors (Lipinski definition) is 2. The quantitative estimate of drug-likeness (QED) is 0.816. The van der Waals surface area contributed by atoms with Crippen molar-refractivity contribution in [3.63, 3.8) is 0 Å². The second kappa shape index (κ2) is 8.30. The summed E-state index contributed by atoms with van der Waals surface area (Å²) in [5.74, 6) is 0. The first-order valence-electron chi connectivity index (χ1n) is 5.60. The van der Waals surface area contributed by atoms with E-state index in [9.17, 15) is 0 Å². The number of hydrogen-bond donors (Lipinski definition) is 1. The van der Waals surface area contributed by atoms with Gasteiger partial charge >= 0.3 is 0 Å². The van der Waals surface area contributed by atoms with Crippen molar-refractivity contribution in [1.29, 1.82) is 0 Å². The second-order valence-corrected chi connectivity index (χ2v) is 3.31. The Morgan fingerprint density at radius 1 is 1.13 bits per heavy atom. The van der Waals surface area contributed by atoms with Crippen molar-refractivity contribution in [2.75, 3.05) is 12.4 Å². The Kier molecular flexibility index (Phi) is 7.74. The van der Waals surface area contributed by atoms with Crippen LogP contribution < -0.4 is 5.32 Å². The fourth-order valence-corrected chi connectivity index (χ4v) is 1.03. The predicted molar refractivity (Wildman–Crippen MR) is 67.3 cm³/mol. The van der Waals surface area contributed by atoms with Crippen LogP contribution in [0.2, 0.25) is 0 Å². The molecule has 15 heavy (non-hydrogen) atoms. The largest absolute Gasteiger partial charge is 0.388 e. The van der Waals surface area contributed by atoms with Crippen LogP contribution in [-0.2, 0) is 11.3 Å². The molecule has 0 aliphatic rings. The van der Waals surface area contributed by atoms with E-state index in [4.69, 9.17) is 4.74 Å². The zero-order valence-corrected chi connectivity index (χ0v) is 10.5. The summed E-state index contributed by atoms with van der Waals surface area (Å²) in [5, 5.41) is 3.08. The van der Waals surface area contributed by atoms with Gasteiger partial charge in [-0.05, 0) is 31.5 Å². The third-order valence-electron chi connectivity index (χ3n) is 1.83. The highest BCUT2D eigenvalue weighted by atomic mass is 16.5. The van der Waals surface area contributed by atoms with Crippen molar-refractivity contribution < 1.29 is 4.74 Å². The van der Waals surface area contributed by atoms with Gasteiger partial charge in [0, 0.05) is 12.7 Å². The molecule has 0 amide bonds. The molecule has 0 atom stereocenters. The van der Waals surface area contributed by atoms with Crippen LogP contribution in [0.5, 0.6) is 0 Å². The zero-order valence-electron chi connectivity index (χ0n) is 10.5. The van der Waals surface area contributed by atoms with Crippen LogP contribution in [0, 0.1) is 0 Å². The van der Waals surface area contributed by atoms with Gasteiger partial charge in [-0.25, -0.2) is 0 Å². The number of anilines is 1. The van der Waals surface area contributed by atoms with E-state index in [-0.39, 0.29) is 0 Å². The first kappa shape index (κ1) is 14.0. The highest BCUT2D eigenvalue weighted by molar-refractivity contribution is 5.43. The van der Waals surface area contributed by atoms with Crippen LogP contribution in [0.1, 0.15) is 33.3 Å². The lowest BCUT2D eigenvalue weighted by Crippen LogP contribution is -2.02. The molecule has 0 saturated heterocycles. The smallest absolute Gasteiger partial charge is 0.0720 e. The molecule has 0 aromatic heterocycles. The number of rotatable bonds is 4.